The third-order valence-corrected chi connectivity index (χ3v) is 3.41. The monoisotopic (exact) mass is 281 g/mol. The minimum Gasteiger partial charge on any atom is -0.388 e. The van der Waals surface area contributed by atoms with Gasteiger partial charge >= 0.3 is 0 Å². The highest BCUT2D eigenvalue weighted by Gasteiger charge is 2.36. The van der Waals surface area contributed by atoms with Gasteiger partial charge in [0.2, 0.25) is 0 Å². The average Bonchev–Trinajstić information content (AvgIpc) is 2.48. The Morgan fingerprint density at radius 2 is 2.20 bits per heavy atom. The van der Waals surface area contributed by atoms with Crippen molar-refractivity contribution in [2.75, 3.05) is 32.6 Å². The fourth-order valence-electron chi connectivity index (χ4n) is 2.13. The van der Waals surface area contributed by atoms with Gasteiger partial charge in [-0.1, -0.05) is 6.07 Å². The van der Waals surface area contributed by atoms with Crippen molar-refractivity contribution < 1.29 is 19.7 Å². The first-order valence-electron chi connectivity index (χ1n) is 6.40. The predicted molar refractivity (Wildman–Crippen MR) is 72.5 cm³/mol. The van der Waals surface area contributed by atoms with Gasteiger partial charge in [-0.3, -0.25) is 4.79 Å². The minimum absolute atomic E-state index is 0.0766. The van der Waals surface area contributed by atoms with Crippen molar-refractivity contribution in [1.29, 1.82) is 0 Å². The summed E-state index contributed by atoms with van der Waals surface area (Å²) >= 11 is 0. The van der Waals surface area contributed by atoms with Crippen LogP contribution in [0.1, 0.15) is 10.5 Å². The number of aliphatic hydroxyl groups is 2. The Balaban J connectivity index is 2.15. The Morgan fingerprint density at radius 3 is 2.90 bits per heavy atom. The first kappa shape index (κ1) is 14.7. The lowest BCUT2D eigenvalue weighted by atomic mass is 10.0. The molecular weight excluding hydrogens is 262 g/mol. The van der Waals surface area contributed by atoms with Crippen molar-refractivity contribution in [3.8, 4) is 0 Å². The number of aliphatic hydroxyl groups excluding tert-OH is 2. The molecule has 7 heteroatoms. The number of hydrogen-bond donors (Lipinski definition) is 3. The lowest BCUT2D eigenvalue weighted by Crippen LogP contribution is -2.56. The summed E-state index contributed by atoms with van der Waals surface area (Å²) in [7, 11) is 3.28. The molecule has 0 saturated carbocycles. The van der Waals surface area contributed by atoms with E-state index in [0.717, 1.165) is 0 Å². The molecule has 0 aliphatic carbocycles. The molecule has 1 aliphatic rings. The van der Waals surface area contributed by atoms with Crippen molar-refractivity contribution in [3.05, 3.63) is 23.9 Å². The Labute approximate surface area is 117 Å². The number of carbonyl (C=O) groups is 1. The highest BCUT2D eigenvalue weighted by atomic mass is 16.5. The number of rotatable bonds is 3. The van der Waals surface area contributed by atoms with E-state index >= 15 is 0 Å². The molecule has 7 nitrogen and oxygen atoms in total. The first-order chi connectivity index (χ1) is 9.54. The van der Waals surface area contributed by atoms with Crippen LogP contribution in [0.4, 0.5) is 5.82 Å². The van der Waals surface area contributed by atoms with Crippen LogP contribution >= 0.6 is 0 Å². The second-order valence-electron chi connectivity index (χ2n) is 4.74. The van der Waals surface area contributed by atoms with E-state index in [1.54, 1.807) is 32.3 Å². The Morgan fingerprint density at radius 1 is 1.45 bits per heavy atom. The molecule has 0 aromatic carbocycles. The summed E-state index contributed by atoms with van der Waals surface area (Å²) in [4.78, 5) is 17.9. The fraction of sp³-hybridized carbons (Fsp3) is 0.538. The number of amides is 1. The van der Waals surface area contributed by atoms with Gasteiger partial charge in [0.15, 0.2) is 0 Å². The van der Waals surface area contributed by atoms with Crippen molar-refractivity contribution in [2.24, 2.45) is 0 Å². The van der Waals surface area contributed by atoms with Gasteiger partial charge < -0.3 is 25.2 Å². The van der Waals surface area contributed by atoms with Gasteiger partial charge in [0.25, 0.3) is 5.91 Å². The number of nitrogens with one attached hydrogen (secondary N) is 1. The van der Waals surface area contributed by atoms with Gasteiger partial charge in [-0.25, -0.2) is 4.98 Å². The maximum absolute atomic E-state index is 12.4. The molecule has 1 saturated heterocycles. The normalized spacial score (nSPS) is 26.1. The Hall–Kier alpha value is -1.70. The van der Waals surface area contributed by atoms with Crippen LogP contribution in [0.15, 0.2) is 18.2 Å². The number of ether oxygens (including phenoxy) is 1. The molecule has 2 rings (SSSR count). The van der Waals surface area contributed by atoms with Crippen molar-refractivity contribution in [3.63, 3.8) is 0 Å². The molecule has 0 radical (unpaired) electrons. The quantitative estimate of drug-likeness (QED) is 0.679. The SMILES string of the molecule is CNc1cccc(C(=O)N(C)[C@@H]2COC[C@@H](O)[C@H]2O)n1. The average molecular weight is 281 g/mol. The Bertz CT molecular complexity index is 482. The van der Waals surface area contributed by atoms with Crippen molar-refractivity contribution in [1.82, 2.24) is 9.88 Å². The molecule has 0 bridgehead atoms. The van der Waals surface area contributed by atoms with Crippen LogP contribution in [-0.4, -0.2) is 71.6 Å². The molecule has 1 aliphatic heterocycles. The molecule has 3 atom stereocenters. The maximum Gasteiger partial charge on any atom is 0.272 e. The number of nitrogens with zero attached hydrogens (tertiary/aromatic N) is 2. The topological polar surface area (TPSA) is 94.9 Å². The highest BCUT2D eigenvalue weighted by Crippen LogP contribution is 2.16. The molecule has 1 aromatic rings. The second-order valence-corrected chi connectivity index (χ2v) is 4.74. The number of hydrogen-bond acceptors (Lipinski definition) is 6. The molecular formula is C13H19N3O4. The molecule has 1 fully saturated rings. The molecule has 20 heavy (non-hydrogen) atoms. The van der Waals surface area contributed by atoms with E-state index in [1.165, 1.54) is 4.90 Å². The van der Waals surface area contributed by atoms with Gasteiger partial charge in [0.1, 0.15) is 23.7 Å². The number of carbonyl (C=O) groups excluding carboxylic acids is 1. The summed E-state index contributed by atoms with van der Waals surface area (Å²) in [6.45, 7) is 0.263. The summed E-state index contributed by atoms with van der Waals surface area (Å²) in [6.07, 6.45) is -2.01. The molecule has 2 heterocycles. The summed E-state index contributed by atoms with van der Waals surface area (Å²) < 4.78 is 5.18. The standard InChI is InChI=1S/C13H19N3O4/c1-14-11-5-3-4-8(15-11)13(19)16(2)9-6-20-7-10(17)12(9)18/h3-5,9-10,12,17-18H,6-7H2,1-2H3,(H,14,15)/t9-,10-,12+/m1/s1. The van der Waals surface area contributed by atoms with Crippen LogP contribution in [0.5, 0.6) is 0 Å². The molecule has 1 amide bonds. The van der Waals surface area contributed by atoms with Crippen LogP contribution < -0.4 is 5.32 Å². The van der Waals surface area contributed by atoms with Crippen LogP contribution in [-0.2, 0) is 4.74 Å². The highest BCUT2D eigenvalue weighted by molar-refractivity contribution is 5.92. The van der Waals surface area contributed by atoms with E-state index in [2.05, 4.69) is 10.3 Å². The molecule has 0 unspecified atom stereocenters. The maximum atomic E-state index is 12.4. The van der Waals surface area contributed by atoms with Crippen LogP contribution in [0.25, 0.3) is 0 Å². The number of aromatic nitrogens is 1. The second kappa shape index (κ2) is 6.17. The zero-order chi connectivity index (χ0) is 14.7. The zero-order valence-electron chi connectivity index (χ0n) is 11.5. The van der Waals surface area contributed by atoms with E-state index in [4.69, 9.17) is 4.74 Å². The number of likely N-dealkylation sites (N-methyl/N-ethyl adjacent to an activating group) is 1. The minimum atomic E-state index is -1.02. The summed E-state index contributed by atoms with van der Waals surface area (Å²) in [5, 5.41) is 22.4. The van der Waals surface area contributed by atoms with E-state index in [1.807, 2.05) is 0 Å². The summed E-state index contributed by atoms with van der Waals surface area (Å²) in [5.74, 6) is 0.258. The number of pyridine rings is 1. The van der Waals surface area contributed by atoms with Gasteiger partial charge in [0.05, 0.1) is 19.3 Å². The molecule has 0 spiro atoms. The smallest absolute Gasteiger partial charge is 0.272 e. The summed E-state index contributed by atoms with van der Waals surface area (Å²) in [6, 6.07) is 4.49. The van der Waals surface area contributed by atoms with Gasteiger partial charge in [-0.2, -0.15) is 0 Å². The molecule has 3 N–H and O–H groups in total. The van der Waals surface area contributed by atoms with E-state index in [9.17, 15) is 15.0 Å². The van der Waals surface area contributed by atoms with Crippen LogP contribution in [0.2, 0.25) is 0 Å². The van der Waals surface area contributed by atoms with Crippen LogP contribution in [0, 0.1) is 0 Å². The molecule has 1 aromatic heterocycles. The van der Waals surface area contributed by atoms with Gasteiger partial charge in [0, 0.05) is 14.1 Å². The third-order valence-electron chi connectivity index (χ3n) is 3.41. The fourth-order valence-corrected chi connectivity index (χ4v) is 2.13. The van der Waals surface area contributed by atoms with Crippen molar-refractivity contribution in [2.45, 2.75) is 18.2 Å². The van der Waals surface area contributed by atoms with Gasteiger partial charge in [-0.15, -0.1) is 0 Å². The third kappa shape index (κ3) is 2.90. The van der Waals surface area contributed by atoms with E-state index < -0.39 is 18.2 Å². The first-order valence-corrected chi connectivity index (χ1v) is 6.40. The lowest BCUT2D eigenvalue weighted by molar-refractivity contribution is -0.122. The van der Waals surface area contributed by atoms with Crippen LogP contribution in [0.3, 0.4) is 0 Å². The van der Waals surface area contributed by atoms with E-state index in [0.29, 0.717) is 5.82 Å². The molecule has 110 valence electrons. The van der Waals surface area contributed by atoms with E-state index in [-0.39, 0.29) is 24.8 Å². The van der Waals surface area contributed by atoms with Crippen molar-refractivity contribution >= 4 is 11.7 Å². The predicted octanol–water partition coefficient (Wildman–Crippen LogP) is -0.684. The largest absolute Gasteiger partial charge is 0.388 e. The summed E-state index contributed by atoms with van der Waals surface area (Å²) in [5.41, 5.74) is 0.270. The lowest BCUT2D eigenvalue weighted by Gasteiger charge is -2.37. The number of anilines is 1. The zero-order valence-corrected chi connectivity index (χ0v) is 11.5. The van der Waals surface area contributed by atoms with Gasteiger partial charge in [-0.05, 0) is 12.1 Å². The Kier molecular flexibility index (Phi) is 4.53.